The van der Waals surface area contributed by atoms with Gasteiger partial charge in [-0.3, -0.25) is 4.90 Å². The number of phenolic OH excluding ortho intramolecular Hbond substituents is 1. The van der Waals surface area contributed by atoms with Gasteiger partial charge in [0, 0.05) is 41.5 Å². The number of nitrogens with one attached hydrogen (secondary N) is 1. The van der Waals surface area contributed by atoms with Crippen molar-refractivity contribution in [2.24, 2.45) is 11.8 Å². The Kier molecular flexibility index (Phi) is 3.72. The molecule has 0 radical (unpaired) electrons. The van der Waals surface area contributed by atoms with Gasteiger partial charge in [0.1, 0.15) is 5.75 Å². The van der Waals surface area contributed by atoms with E-state index in [0.717, 1.165) is 36.8 Å². The zero-order valence-corrected chi connectivity index (χ0v) is 15.6. The van der Waals surface area contributed by atoms with E-state index in [-0.39, 0.29) is 30.0 Å². The van der Waals surface area contributed by atoms with E-state index >= 15 is 0 Å². The molecule has 6 nitrogen and oxygen atoms in total. The fourth-order valence-corrected chi connectivity index (χ4v) is 5.22. The van der Waals surface area contributed by atoms with Crippen LogP contribution in [0.2, 0.25) is 0 Å². The molecule has 0 bridgehead atoms. The molecule has 5 rings (SSSR count). The van der Waals surface area contributed by atoms with Crippen molar-refractivity contribution in [3.05, 3.63) is 41.3 Å². The van der Waals surface area contributed by atoms with Crippen LogP contribution in [0.3, 0.4) is 0 Å². The topological polar surface area (TPSA) is 74.8 Å². The molecule has 4 atom stereocenters. The van der Waals surface area contributed by atoms with Crippen LogP contribution in [-0.4, -0.2) is 47.3 Å². The molecule has 1 aromatic heterocycles. The third-order valence-electron chi connectivity index (χ3n) is 6.62. The number of benzene rings is 1. The summed E-state index contributed by atoms with van der Waals surface area (Å²) in [6.07, 6.45) is 3.53. The van der Waals surface area contributed by atoms with E-state index in [1.165, 1.54) is 18.4 Å². The van der Waals surface area contributed by atoms with Gasteiger partial charge in [0.25, 0.3) is 0 Å². The maximum absolute atomic E-state index is 12.3. The minimum atomic E-state index is -0.289. The average Bonchev–Trinajstić information content (AvgIpc) is 3.05. The number of carbonyl (C=O) groups is 1. The van der Waals surface area contributed by atoms with Gasteiger partial charge >= 0.3 is 5.97 Å². The van der Waals surface area contributed by atoms with Crippen molar-refractivity contribution >= 4 is 16.9 Å². The maximum Gasteiger partial charge on any atom is 0.337 e. The minimum absolute atomic E-state index is 0.0883. The van der Waals surface area contributed by atoms with E-state index in [1.54, 1.807) is 12.3 Å². The number of aromatic hydroxyl groups is 1. The van der Waals surface area contributed by atoms with Crippen molar-refractivity contribution < 1.29 is 19.4 Å². The van der Waals surface area contributed by atoms with E-state index in [9.17, 15) is 9.90 Å². The van der Waals surface area contributed by atoms with Gasteiger partial charge < -0.3 is 19.6 Å². The highest BCUT2D eigenvalue weighted by Gasteiger charge is 2.46. The van der Waals surface area contributed by atoms with Crippen molar-refractivity contribution in [1.82, 2.24) is 9.88 Å². The lowest BCUT2D eigenvalue weighted by atomic mass is 9.72. The molecule has 1 fully saturated rings. The van der Waals surface area contributed by atoms with Gasteiger partial charge in [0.2, 0.25) is 0 Å². The molecule has 3 aliphatic rings. The maximum atomic E-state index is 12.3. The number of carbonyl (C=O) groups excluding carboxylic acids is 1. The van der Waals surface area contributed by atoms with Crippen LogP contribution in [-0.2, 0) is 20.7 Å². The van der Waals surface area contributed by atoms with Crippen molar-refractivity contribution in [1.29, 1.82) is 0 Å². The zero-order chi connectivity index (χ0) is 18.7. The Morgan fingerprint density at radius 3 is 3.07 bits per heavy atom. The normalized spacial score (nSPS) is 29.9. The average molecular weight is 368 g/mol. The second-order valence-electron chi connectivity index (χ2n) is 7.92. The molecular weight excluding hydrogens is 344 g/mol. The summed E-state index contributed by atoms with van der Waals surface area (Å²) < 4.78 is 10.8. The van der Waals surface area contributed by atoms with Crippen LogP contribution >= 0.6 is 0 Å². The number of nitrogens with zero attached hydrogens (tertiary/aromatic N) is 1. The quantitative estimate of drug-likeness (QED) is 0.757. The molecule has 0 unspecified atom stereocenters. The van der Waals surface area contributed by atoms with Gasteiger partial charge in [-0.25, -0.2) is 4.79 Å². The Morgan fingerprint density at radius 1 is 1.41 bits per heavy atom. The van der Waals surface area contributed by atoms with Crippen LogP contribution in [0.4, 0.5) is 0 Å². The van der Waals surface area contributed by atoms with E-state index in [2.05, 4.69) is 16.8 Å². The van der Waals surface area contributed by atoms with Gasteiger partial charge in [-0.05, 0) is 43.5 Å². The zero-order valence-electron chi connectivity index (χ0n) is 15.6. The Labute approximate surface area is 157 Å². The summed E-state index contributed by atoms with van der Waals surface area (Å²) in [6, 6.07) is 5.75. The molecule has 1 aromatic carbocycles. The van der Waals surface area contributed by atoms with Crippen LogP contribution in [0.1, 0.15) is 30.6 Å². The fraction of sp³-hybridized carbons (Fsp3) is 0.476. The number of aromatic nitrogens is 1. The molecule has 0 saturated carbocycles. The summed E-state index contributed by atoms with van der Waals surface area (Å²) in [6.45, 7) is 3.97. The third kappa shape index (κ3) is 2.46. The van der Waals surface area contributed by atoms with Crippen LogP contribution in [0.5, 0.6) is 5.75 Å². The van der Waals surface area contributed by atoms with Crippen LogP contribution in [0, 0.1) is 11.8 Å². The van der Waals surface area contributed by atoms with Crippen molar-refractivity contribution in [3.8, 4) is 5.75 Å². The Bertz CT molecular complexity index is 947. The SMILES string of the molecule is COC(=O)C1=CO[C@@H](C)[C@H]2CN3CCc4c([nH]c5ccc(O)cc45)[C@@H]3C[C@H]12. The van der Waals surface area contributed by atoms with Gasteiger partial charge in [0.05, 0.1) is 31.1 Å². The number of piperidine rings is 1. The lowest BCUT2D eigenvalue weighted by Gasteiger charge is -2.49. The number of hydrogen-bond donors (Lipinski definition) is 2. The minimum Gasteiger partial charge on any atom is -0.508 e. The molecule has 4 heterocycles. The first kappa shape index (κ1) is 16.7. The van der Waals surface area contributed by atoms with Gasteiger partial charge in [0.15, 0.2) is 0 Å². The Hall–Kier alpha value is -2.47. The first-order valence-corrected chi connectivity index (χ1v) is 9.58. The Morgan fingerprint density at radius 2 is 2.26 bits per heavy atom. The number of aromatic amines is 1. The molecule has 27 heavy (non-hydrogen) atoms. The molecule has 2 aromatic rings. The smallest absolute Gasteiger partial charge is 0.337 e. The summed E-state index contributed by atoms with van der Waals surface area (Å²) in [5, 5.41) is 11.0. The summed E-state index contributed by atoms with van der Waals surface area (Å²) in [5.41, 5.74) is 4.24. The summed E-state index contributed by atoms with van der Waals surface area (Å²) in [7, 11) is 1.42. The van der Waals surface area contributed by atoms with E-state index in [1.807, 2.05) is 12.1 Å². The summed E-state index contributed by atoms with van der Waals surface area (Å²) >= 11 is 0. The third-order valence-corrected chi connectivity index (χ3v) is 6.62. The van der Waals surface area contributed by atoms with Crippen molar-refractivity contribution in [3.63, 3.8) is 0 Å². The summed E-state index contributed by atoms with van der Waals surface area (Å²) in [4.78, 5) is 18.4. The molecule has 1 saturated heterocycles. The highest BCUT2D eigenvalue weighted by Crippen LogP contribution is 2.47. The predicted molar refractivity (Wildman–Crippen MR) is 100 cm³/mol. The van der Waals surface area contributed by atoms with Crippen LogP contribution in [0.25, 0.3) is 10.9 Å². The number of methoxy groups -OCH3 is 1. The first-order valence-electron chi connectivity index (χ1n) is 9.58. The van der Waals surface area contributed by atoms with Gasteiger partial charge in [-0.2, -0.15) is 0 Å². The van der Waals surface area contributed by atoms with Crippen LogP contribution < -0.4 is 0 Å². The number of esters is 1. The lowest BCUT2D eigenvalue weighted by Crippen LogP contribution is -2.51. The number of H-pyrrole nitrogens is 1. The van der Waals surface area contributed by atoms with Crippen molar-refractivity contribution in [2.45, 2.75) is 31.9 Å². The van der Waals surface area contributed by atoms with Crippen LogP contribution in [0.15, 0.2) is 30.0 Å². The molecule has 0 aliphatic carbocycles. The van der Waals surface area contributed by atoms with E-state index in [0.29, 0.717) is 11.3 Å². The number of rotatable bonds is 1. The molecule has 6 heteroatoms. The molecule has 2 N–H and O–H groups in total. The molecule has 3 aliphatic heterocycles. The highest BCUT2D eigenvalue weighted by atomic mass is 16.5. The van der Waals surface area contributed by atoms with Gasteiger partial charge in [-0.1, -0.05) is 0 Å². The summed E-state index contributed by atoms with van der Waals surface area (Å²) in [5.74, 6) is 0.427. The van der Waals surface area contributed by atoms with E-state index < -0.39 is 0 Å². The first-order chi connectivity index (χ1) is 13.1. The molecule has 142 valence electrons. The second-order valence-corrected chi connectivity index (χ2v) is 7.92. The molecule has 0 spiro atoms. The number of phenols is 1. The fourth-order valence-electron chi connectivity index (χ4n) is 5.22. The second kappa shape index (κ2) is 6.02. The van der Waals surface area contributed by atoms with E-state index in [4.69, 9.17) is 9.47 Å². The number of ether oxygens (including phenoxy) is 2. The predicted octanol–water partition coefficient (Wildman–Crippen LogP) is 2.88. The number of hydrogen-bond acceptors (Lipinski definition) is 5. The lowest BCUT2D eigenvalue weighted by molar-refractivity contribution is -0.139. The van der Waals surface area contributed by atoms with Gasteiger partial charge in [-0.15, -0.1) is 0 Å². The molecular formula is C21H24N2O4. The highest BCUT2D eigenvalue weighted by molar-refractivity contribution is 5.89. The Balaban J connectivity index is 1.55. The number of fused-ring (bicyclic) bond motifs is 6. The van der Waals surface area contributed by atoms with Crippen molar-refractivity contribution in [2.75, 3.05) is 20.2 Å². The largest absolute Gasteiger partial charge is 0.508 e. The monoisotopic (exact) mass is 368 g/mol. The molecule has 0 amide bonds. The standard InChI is InChI=1S/C21H24N2O4/c1-11-16-9-23-6-5-13-15-7-12(24)3-4-18(15)22-20(13)19(23)8-14(16)17(10-27-11)21(25)26-2/h3-4,7,10-11,14,16,19,22,24H,5-6,8-9H2,1-2H3/t11-,14-,16+,19-/m0/s1.